The summed E-state index contributed by atoms with van der Waals surface area (Å²) in [5, 5.41) is 0.743. The number of hydrogen-bond donors (Lipinski definition) is 3. The molecule has 0 fully saturated rings. The molecule has 6 nitrogen and oxygen atoms in total. The van der Waals surface area contributed by atoms with Crippen LogP contribution in [-0.4, -0.2) is 19.9 Å². The van der Waals surface area contributed by atoms with Crippen LogP contribution in [0.1, 0.15) is 20.8 Å². The third kappa shape index (κ3) is 3.90. The van der Waals surface area contributed by atoms with Gasteiger partial charge in [0.1, 0.15) is 5.82 Å². The van der Waals surface area contributed by atoms with Crippen LogP contribution in [0.2, 0.25) is 0 Å². The monoisotopic (exact) mass is 308 g/mol. The van der Waals surface area contributed by atoms with Gasteiger partial charge in [0.15, 0.2) is 0 Å². The first-order valence-electron chi connectivity index (χ1n) is 6.58. The summed E-state index contributed by atoms with van der Waals surface area (Å²) in [5.74, 6) is 5.83. The summed E-state index contributed by atoms with van der Waals surface area (Å²) in [5.41, 5.74) is 3.02. The second kappa shape index (κ2) is 5.59. The van der Waals surface area contributed by atoms with Gasteiger partial charge in [0.25, 0.3) is 0 Å². The molecular formula is C14H20N4O2S. The molecule has 0 amide bonds. The van der Waals surface area contributed by atoms with Gasteiger partial charge >= 0.3 is 0 Å². The van der Waals surface area contributed by atoms with Gasteiger partial charge in [-0.3, -0.25) is 0 Å². The molecule has 4 N–H and O–H groups in total. The number of nitrogens with zero attached hydrogens (tertiary/aromatic N) is 1. The summed E-state index contributed by atoms with van der Waals surface area (Å²) < 4.78 is 27.2. The first-order valence-corrected chi connectivity index (χ1v) is 8.07. The van der Waals surface area contributed by atoms with E-state index in [4.69, 9.17) is 5.84 Å². The van der Waals surface area contributed by atoms with Crippen LogP contribution in [0.15, 0.2) is 35.2 Å². The third-order valence-corrected chi connectivity index (χ3v) is 4.31. The van der Waals surface area contributed by atoms with E-state index in [9.17, 15) is 8.42 Å². The van der Waals surface area contributed by atoms with Crippen LogP contribution in [0.4, 0.5) is 5.82 Å². The second-order valence-electron chi connectivity index (χ2n) is 6.08. The standard InChI is InChI=1S/C14H20N4O2S/c1-14(2,3)9-16-21(19,20)11-5-6-12-10(8-11)4-7-13(17-12)18-15/h4-8,16H,9,15H2,1-3H3,(H,17,18). The van der Waals surface area contributed by atoms with E-state index in [0.717, 1.165) is 5.39 Å². The van der Waals surface area contributed by atoms with E-state index < -0.39 is 10.0 Å². The van der Waals surface area contributed by atoms with Crippen LogP contribution in [0.5, 0.6) is 0 Å². The highest BCUT2D eigenvalue weighted by Gasteiger charge is 2.18. The van der Waals surface area contributed by atoms with Crippen LogP contribution in [0, 0.1) is 5.41 Å². The molecule has 0 aliphatic heterocycles. The van der Waals surface area contributed by atoms with Gasteiger partial charge in [-0.05, 0) is 35.7 Å². The van der Waals surface area contributed by atoms with Crippen molar-refractivity contribution in [2.45, 2.75) is 25.7 Å². The zero-order valence-corrected chi connectivity index (χ0v) is 13.2. The average molecular weight is 308 g/mol. The fourth-order valence-corrected chi connectivity index (χ4v) is 3.07. The molecule has 0 radical (unpaired) electrons. The molecule has 21 heavy (non-hydrogen) atoms. The number of aromatic nitrogens is 1. The van der Waals surface area contributed by atoms with E-state index in [1.165, 1.54) is 0 Å². The maximum atomic E-state index is 12.3. The Balaban J connectivity index is 2.34. The Kier molecular flexibility index (Phi) is 4.18. The van der Waals surface area contributed by atoms with Crippen LogP contribution >= 0.6 is 0 Å². The van der Waals surface area contributed by atoms with Gasteiger partial charge in [-0.1, -0.05) is 20.8 Å². The minimum Gasteiger partial charge on any atom is -0.308 e. The molecule has 0 saturated carbocycles. The van der Waals surface area contributed by atoms with Gasteiger partial charge < -0.3 is 5.43 Å². The number of nitrogens with one attached hydrogen (secondary N) is 2. The Labute approximate surface area is 124 Å². The minimum absolute atomic E-state index is 0.118. The van der Waals surface area contributed by atoms with Gasteiger partial charge in [0.2, 0.25) is 10.0 Å². The molecule has 2 rings (SSSR count). The van der Waals surface area contributed by atoms with E-state index in [1.54, 1.807) is 30.3 Å². The number of fused-ring (bicyclic) bond motifs is 1. The molecule has 0 aliphatic rings. The van der Waals surface area contributed by atoms with Crippen LogP contribution in [-0.2, 0) is 10.0 Å². The molecule has 0 saturated heterocycles. The summed E-state index contributed by atoms with van der Waals surface area (Å²) in [6, 6.07) is 8.29. The maximum absolute atomic E-state index is 12.3. The number of pyridine rings is 1. The van der Waals surface area contributed by atoms with Gasteiger partial charge in [-0.2, -0.15) is 0 Å². The number of rotatable bonds is 4. The van der Waals surface area contributed by atoms with Crippen molar-refractivity contribution in [1.29, 1.82) is 0 Å². The Bertz CT molecular complexity index is 751. The quantitative estimate of drug-likeness (QED) is 0.591. The number of benzene rings is 1. The number of sulfonamides is 1. The third-order valence-electron chi connectivity index (χ3n) is 2.91. The Morgan fingerprint density at radius 2 is 1.90 bits per heavy atom. The zero-order valence-electron chi connectivity index (χ0n) is 12.3. The van der Waals surface area contributed by atoms with Crippen molar-refractivity contribution in [3.8, 4) is 0 Å². The lowest BCUT2D eigenvalue weighted by atomic mass is 9.98. The SMILES string of the molecule is CC(C)(C)CNS(=O)(=O)c1ccc2nc(NN)ccc2c1. The molecule has 114 valence electrons. The predicted octanol–water partition coefficient (Wildman–Crippen LogP) is 1.84. The van der Waals surface area contributed by atoms with E-state index in [-0.39, 0.29) is 10.3 Å². The average Bonchev–Trinajstić information content (AvgIpc) is 2.43. The van der Waals surface area contributed by atoms with Gasteiger partial charge in [-0.15, -0.1) is 0 Å². The zero-order chi connectivity index (χ0) is 15.7. The molecule has 0 atom stereocenters. The van der Waals surface area contributed by atoms with E-state index in [2.05, 4.69) is 15.1 Å². The van der Waals surface area contributed by atoms with Crippen molar-refractivity contribution in [3.63, 3.8) is 0 Å². The molecule has 0 aliphatic carbocycles. The molecule has 2 aromatic rings. The Hall–Kier alpha value is -1.70. The van der Waals surface area contributed by atoms with E-state index in [0.29, 0.717) is 17.9 Å². The Morgan fingerprint density at radius 1 is 1.19 bits per heavy atom. The fraction of sp³-hybridized carbons (Fsp3) is 0.357. The molecule has 1 heterocycles. The molecule has 7 heteroatoms. The van der Waals surface area contributed by atoms with Gasteiger partial charge in [0.05, 0.1) is 10.4 Å². The van der Waals surface area contributed by atoms with Crippen molar-refractivity contribution in [1.82, 2.24) is 9.71 Å². The minimum atomic E-state index is -3.52. The van der Waals surface area contributed by atoms with Gasteiger partial charge in [-0.25, -0.2) is 24.0 Å². The van der Waals surface area contributed by atoms with Crippen molar-refractivity contribution < 1.29 is 8.42 Å². The van der Waals surface area contributed by atoms with Crippen molar-refractivity contribution in [3.05, 3.63) is 30.3 Å². The first-order chi connectivity index (χ1) is 9.71. The fourth-order valence-electron chi connectivity index (χ4n) is 1.75. The van der Waals surface area contributed by atoms with E-state index in [1.807, 2.05) is 20.8 Å². The van der Waals surface area contributed by atoms with Crippen LogP contribution < -0.4 is 16.0 Å². The predicted molar refractivity (Wildman–Crippen MR) is 84.2 cm³/mol. The number of hydrazine groups is 1. The summed E-state index contributed by atoms with van der Waals surface area (Å²) in [4.78, 5) is 4.48. The number of nitrogen functional groups attached to an aromatic ring is 1. The highest BCUT2D eigenvalue weighted by Crippen LogP contribution is 2.20. The Morgan fingerprint density at radius 3 is 2.52 bits per heavy atom. The number of nitrogens with two attached hydrogens (primary N) is 1. The second-order valence-corrected chi connectivity index (χ2v) is 7.85. The summed E-state index contributed by atoms with van der Waals surface area (Å²) in [6.45, 7) is 6.30. The molecular weight excluding hydrogens is 288 g/mol. The lowest BCUT2D eigenvalue weighted by Gasteiger charge is -2.18. The van der Waals surface area contributed by atoms with Crippen LogP contribution in [0.25, 0.3) is 10.9 Å². The summed E-state index contributed by atoms with van der Waals surface area (Å²) in [7, 11) is -3.52. The first kappa shape index (κ1) is 15.7. The van der Waals surface area contributed by atoms with E-state index >= 15 is 0 Å². The molecule has 0 spiro atoms. The van der Waals surface area contributed by atoms with Crippen LogP contribution in [0.3, 0.4) is 0 Å². The molecule has 1 aromatic heterocycles. The summed E-state index contributed by atoms with van der Waals surface area (Å²) >= 11 is 0. The van der Waals surface area contributed by atoms with Crippen molar-refractivity contribution in [2.24, 2.45) is 11.3 Å². The van der Waals surface area contributed by atoms with Gasteiger partial charge in [0, 0.05) is 11.9 Å². The molecule has 1 aromatic carbocycles. The summed E-state index contributed by atoms with van der Waals surface area (Å²) in [6.07, 6.45) is 0. The highest BCUT2D eigenvalue weighted by atomic mass is 32.2. The number of anilines is 1. The topological polar surface area (TPSA) is 97.1 Å². The largest absolute Gasteiger partial charge is 0.308 e. The van der Waals surface area contributed by atoms with Crippen molar-refractivity contribution in [2.75, 3.05) is 12.0 Å². The highest BCUT2D eigenvalue weighted by molar-refractivity contribution is 7.89. The molecule has 0 unspecified atom stereocenters. The van der Waals surface area contributed by atoms with Crippen molar-refractivity contribution >= 4 is 26.7 Å². The smallest absolute Gasteiger partial charge is 0.240 e. The lowest BCUT2D eigenvalue weighted by Crippen LogP contribution is -2.32. The lowest BCUT2D eigenvalue weighted by molar-refractivity contribution is 0.407. The normalized spacial score (nSPS) is 12.6. The number of hydrogen-bond acceptors (Lipinski definition) is 5. The molecule has 0 bridgehead atoms. The maximum Gasteiger partial charge on any atom is 0.240 e.